The normalized spacial score (nSPS) is 11.2. The van der Waals surface area contributed by atoms with Crippen molar-refractivity contribution >= 4 is 5.78 Å². The second-order valence-electron chi connectivity index (χ2n) is 5.09. The van der Waals surface area contributed by atoms with Crippen LogP contribution >= 0.6 is 0 Å². The van der Waals surface area contributed by atoms with Crippen LogP contribution in [-0.4, -0.2) is 14.4 Å². The fraction of sp³-hybridized carbons (Fsp3) is 0.250. The lowest BCUT2D eigenvalue weighted by atomic mass is 10.1. The minimum Gasteiger partial charge on any atom is -0.285 e. The van der Waals surface area contributed by atoms with E-state index >= 15 is 0 Å². The maximum Gasteiger partial charge on any atom is 0.234 e. The van der Waals surface area contributed by atoms with E-state index < -0.39 is 0 Å². The highest BCUT2D eigenvalue weighted by molar-refractivity contribution is 5.65. The van der Waals surface area contributed by atoms with Crippen molar-refractivity contribution in [1.82, 2.24) is 14.4 Å². The van der Waals surface area contributed by atoms with E-state index in [1.807, 2.05) is 6.92 Å². The third-order valence-corrected chi connectivity index (χ3v) is 3.46. The first-order valence-corrected chi connectivity index (χ1v) is 6.46. The van der Waals surface area contributed by atoms with E-state index in [2.05, 4.69) is 65.5 Å². The van der Waals surface area contributed by atoms with Gasteiger partial charge in [-0.2, -0.15) is 0 Å². The van der Waals surface area contributed by atoms with Crippen molar-refractivity contribution in [1.29, 1.82) is 0 Å². The summed E-state index contributed by atoms with van der Waals surface area (Å²) in [6.45, 7) is 8.28. The van der Waals surface area contributed by atoms with Gasteiger partial charge in [-0.15, -0.1) is 0 Å². The average Bonchev–Trinajstić information content (AvgIpc) is 2.67. The Morgan fingerprint density at radius 3 is 2.26 bits per heavy atom. The molecule has 3 heteroatoms. The molecule has 0 spiro atoms. The summed E-state index contributed by atoms with van der Waals surface area (Å²) in [7, 11) is 0. The number of hydrogen-bond donors (Lipinski definition) is 0. The molecule has 1 aromatic carbocycles. The molecular formula is C16H17N3. The van der Waals surface area contributed by atoms with E-state index in [4.69, 9.17) is 0 Å². The van der Waals surface area contributed by atoms with Crippen LogP contribution in [0.25, 0.3) is 17.0 Å². The highest BCUT2D eigenvalue weighted by atomic mass is 15.1. The number of fused-ring (bicyclic) bond motifs is 1. The second-order valence-corrected chi connectivity index (χ2v) is 5.09. The van der Waals surface area contributed by atoms with Crippen molar-refractivity contribution < 1.29 is 0 Å². The largest absolute Gasteiger partial charge is 0.285 e. The SMILES string of the molecule is Cc1ccc(-c2nc3nc(C)cc(C)n3c2C)cc1. The van der Waals surface area contributed by atoms with Gasteiger partial charge >= 0.3 is 0 Å². The predicted molar refractivity (Wildman–Crippen MR) is 77.4 cm³/mol. The van der Waals surface area contributed by atoms with E-state index in [1.165, 1.54) is 11.3 Å². The van der Waals surface area contributed by atoms with Gasteiger partial charge in [-0.05, 0) is 33.8 Å². The van der Waals surface area contributed by atoms with E-state index in [9.17, 15) is 0 Å². The van der Waals surface area contributed by atoms with Gasteiger partial charge in [0.15, 0.2) is 0 Å². The fourth-order valence-corrected chi connectivity index (χ4v) is 2.53. The summed E-state index contributed by atoms with van der Waals surface area (Å²) in [5.41, 5.74) is 6.74. The molecule has 0 aliphatic carbocycles. The van der Waals surface area contributed by atoms with Crippen molar-refractivity contribution in [3.63, 3.8) is 0 Å². The first-order chi connectivity index (χ1) is 9.06. The van der Waals surface area contributed by atoms with Crippen LogP contribution in [0.5, 0.6) is 0 Å². The second kappa shape index (κ2) is 4.19. The summed E-state index contributed by atoms with van der Waals surface area (Å²) in [6, 6.07) is 10.5. The molecule has 19 heavy (non-hydrogen) atoms. The standard InChI is InChI=1S/C16H17N3/c1-10-5-7-14(8-6-10)15-13(4)19-12(3)9-11(2)17-16(19)18-15/h5-9H,1-4H3. The van der Waals surface area contributed by atoms with Gasteiger partial charge in [0.05, 0.1) is 5.69 Å². The van der Waals surface area contributed by atoms with Gasteiger partial charge in [0.2, 0.25) is 5.78 Å². The summed E-state index contributed by atoms with van der Waals surface area (Å²) in [5, 5.41) is 0. The lowest BCUT2D eigenvalue weighted by Crippen LogP contribution is -1.97. The Balaban J connectivity index is 2.28. The zero-order valence-electron chi connectivity index (χ0n) is 11.7. The first-order valence-electron chi connectivity index (χ1n) is 6.46. The summed E-state index contributed by atoms with van der Waals surface area (Å²) in [6.07, 6.45) is 0. The van der Waals surface area contributed by atoms with Gasteiger partial charge in [0.1, 0.15) is 0 Å². The monoisotopic (exact) mass is 251 g/mol. The van der Waals surface area contributed by atoms with Crippen LogP contribution in [0.2, 0.25) is 0 Å². The predicted octanol–water partition coefficient (Wildman–Crippen LogP) is 3.63. The number of aryl methyl sites for hydroxylation is 4. The molecule has 0 saturated carbocycles. The summed E-state index contributed by atoms with van der Waals surface area (Å²) in [4.78, 5) is 9.20. The van der Waals surface area contributed by atoms with E-state index in [0.717, 1.165) is 28.4 Å². The molecule has 0 radical (unpaired) electrons. The highest BCUT2D eigenvalue weighted by Gasteiger charge is 2.12. The summed E-state index contributed by atoms with van der Waals surface area (Å²) >= 11 is 0. The molecule has 0 saturated heterocycles. The molecule has 2 aromatic heterocycles. The molecule has 0 aliphatic rings. The van der Waals surface area contributed by atoms with Crippen LogP contribution in [0.4, 0.5) is 0 Å². The topological polar surface area (TPSA) is 30.2 Å². The molecule has 0 aliphatic heterocycles. The van der Waals surface area contributed by atoms with Crippen LogP contribution in [0.15, 0.2) is 30.3 Å². The lowest BCUT2D eigenvalue weighted by Gasteiger charge is -2.03. The molecule has 2 heterocycles. The van der Waals surface area contributed by atoms with Crippen LogP contribution in [0.3, 0.4) is 0 Å². The van der Waals surface area contributed by atoms with Gasteiger partial charge in [-0.3, -0.25) is 4.40 Å². The number of imidazole rings is 1. The van der Waals surface area contributed by atoms with Gasteiger partial charge in [-0.1, -0.05) is 29.8 Å². The molecule has 3 nitrogen and oxygen atoms in total. The molecule has 0 fully saturated rings. The Kier molecular flexibility index (Phi) is 2.63. The highest BCUT2D eigenvalue weighted by Crippen LogP contribution is 2.24. The molecule has 3 rings (SSSR count). The minimum atomic E-state index is 0.783. The Bertz CT molecular complexity index is 752. The van der Waals surface area contributed by atoms with E-state index in [0.29, 0.717) is 0 Å². The van der Waals surface area contributed by atoms with Gasteiger partial charge in [0.25, 0.3) is 0 Å². The van der Waals surface area contributed by atoms with Crippen molar-refractivity contribution in [2.45, 2.75) is 27.7 Å². The van der Waals surface area contributed by atoms with Crippen LogP contribution < -0.4 is 0 Å². The third kappa shape index (κ3) is 1.91. The number of nitrogens with zero attached hydrogens (tertiary/aromatic N) is 3. The molecule has 0 bridgehead atoms. The molecule has 0 N–H and O–H groups in total. The van der Waals surface area contributed by atoms with Gasteiger partial charge in [-0.25, -0.2) is 9.97 Å². The molecule has 0 atom stereocenters. The maximum atomic E-state index is 4.69. The zero-order valence-corrected chi connectivity index (χ0v) is 11.7. The number of benzene rings is 1. The summed E-state index contributed by atoms with van der Waals surface area (Å²) < 4.78 is 2.11. The van der Waals surface area contributed by atoms with Gasteiger partial charge < -0.3 is 0 Å². The van der Waals surface area contributed by atoms with Crippen molar-refractivity contribution in [3.05, 3.63) is 53.0 Å². The number of aromatic nitrogens is 3. The Hall–Kier alpha value is -2.16. The van der Waals surface area contributed by atoms with Crippen molar-refractivity contribution in [3.8, 4) is 11.3 Å². The van der Waals surface area contributed by atoms with Crippen molar-refractivity contribution in [2.75, 3.05) is 0 Å². The summed E-state index contributed by atoms with van der Waals surface area (Å²) in [5.74, 6) is 0.783. The molecule has 0 amide bonds. The average molecular weight is 251 g/mol. The Labute approximate surface area is 113 Å². The molecular weight excluding hydrogens is 234 g/mol. The minimum absolute atomic E-state index is 0.783. The zero-order chi connectivity index (χ0) is 13.6. The maximum absolute atomic E-state index is 4.69. The lowest BCUT2D eigenvalue weighted by molar-refractivity contribution is 0.982. The van der Waals surface area contributed by atoms with E-state index in [1.54, 1.807) is 0 Å². The number of hydrogen-bond acceptors (Lipinski definition) is 2. The third-order valence-electron chi connectivity index (χ3n) is 3.46. The van der Waals surface area contributed by atoms with E-state index in [-0.39, 0.29) is 0 Å². The van der Waals surface area contributed by atoms with Crippen molar-refractivity contribution in [2.24, 2.45) is 0 Å². The van der Waals surface area contributed by atoms with Gasteiger partial charge in [0, 0.05) is 22.6 Å². The molecule has 3 aromatic rings. The van der Waals surface area contributed by atoms with Crippen LogP contribution in [-0.2, 0) is 0 Å². The Morgan fingerprint density at radius 1 is 0.895 bits per heavy atom. The van der Waals surface area contributed by atoms with Crippen LogP contribution in [0, 0.1) is 27.7 Å². The Morgan fingerprint density at radius 2 is 1.58 bits per heavy atom. The molecule has 0 unspecified atom stereocenters. The quantitative estimate of drug-likeness (QED) is 0.661. The number of rotatable bonds is 1. The fourth-order valence-electron chi connectivity index (χ4n) is 2.53. The molecule has 96 valence electrons. The van der Waals surface area contributed by atoms with Crippen LogP contribution in [0.1, 0.15) is 22.6 Å². The smallest absolute Gasteiger partial charge is 0.234 e. The first kappa shape index (κ1) is 11.9.